The van der Waals surface area contributed by atoms with Crippen molar-refractivity contribution in [2.75, 3.05) is 4.72 Å². The molecule has 0 aliphatic heterocycles. The van der Waals surface area contributed by atoms with Gasteiger partial charge in [-0.1, -0.05) is 0 Å². The molecule has 9 heteroatoms. The average Bonchev–Trinajstić information content (AvgIpc) is 2.75. The number of halogens is 2. The summed E-state index contributed by atoms with van der Waals surface area (Å²) in [5, 5.41) is -0.236. The number of aromatic nitrogens is 3. The molecule has 0 saturated carbocycles. The van der Waals surface area contributed by atoms with Crippen LogP contribution in [0, 0.1) is 18.8 Å². The van der Waals surface area contributed by atoms with E-state index in [1.165, 1.54) is 6.20 Å². The molecule has 1 N–H and O–H groups in total. The first-order valence-electron chi connectivity index (χ1n) is 5.72. The number of hydrogen-bond acceptors (Lipinski definition) is 4. The summed E-state index contributed by atoms with van der Waals surface area (Å²) < 4.78 is 53.7. The lowest BCUT2D eigenvalue weighted by Gasteiger charge is -2.05. The quantitative estimate of drug-likeness (QED) is 0.872. The third-order valence-corrected chi connectivity index (χ3v) is 3.87. The number of hydrogen-bond donors (Lipinski definition) is 1. The van der Waals surface area contributed by atoms with Crippen LogP contribution in [0.3, 0.4) is 0 Å². The molecule has 108 valence electrons. The van der Waals surface area contributed by atoms with Gasteiger partial charge >= 0.3 is 0 Å². The maximum absolute atomic E-state index is 13.3. The molecule has 0 aliphatic carbocycles. The van der Waals surface area contributed by atoms with Gasteiger partial charge in [0.05, 0.1) is 0 Å². The lowest BCUT2D eigenvalue weighted by atomic mass is 10.4. The Morgan fingerprint density at radius 2 is 2.00 bits per heavy atom. The summed E-state index contributed by atoms with van der Waals surface area (Å²) >= 11 is 0. The van der Waals surface area contributed by atoms with Gasteiger partial charge in [0.15, 0.2) is 5.03 Å². The lowest BCUT2D eigenvalue weighted by molar-refractivity contribution is 0.515. The number of sulfonamides is 1. The molecule has 2 aromatic heterocycles. The Labute approximate surface area is 114 Å². The van der Waals surface area contributed by atoms with Gasteiger partial charge in [-0.25, -0.2) is 4.98 Å². The molecule has 20 heavy (non-hydrogen) atoms. The molecule has 0 aliphatic rings. The fourth-order valence-electron chi connectivity index (χ4n) is 1.61. The monoisotopic (exact) mass is 302 g/mol. The molecule has 0 bridgehead atoms. The molecule has 0 saturated heterocycles. The van der Waals surface area contributed by atoms with Crippen molar-refractivity contribution in [1.82, 2.24) is 14.5 Å². The Bertz CT molecular complexity index is 743. The number of rotatable bonds is 4. The second-order valence-corrected chi connectivity index (χ2v) is 5.62. The lowest BCUT2D eigenvalue weighted by Crippen LogP contribution is -2.15. The first-order chi connectivity index (χ1) is 9.33. The van der Waals surface area contributed by atoms with Crippen molar-refractivity contribution in [3.63, 3.8) is 0 Å². The molecule has 0 atom stereocenters. The summed E-state index contributed by atoms with van der Waals surface area (Å²) in [6.07, 6.45) is 1.34. The normalized spacial score (nSPS) is 11.6. The number of nitrogens with one attached hydrogen (secondary N) is 1. The Morgan fingerprint density at radius 1 is 1.30 bits per heavy atom. The van der Waals surface area contributed by atoms with Crippen LogP contribution in [0.5, 0.6) is 0 Å². The number of nitrogens with zero attached hydrogens (tertiary/aromatic N) is 3. The Balaban J connectivity index is 2.35. The highest BCUT2D eigenvalue weighted by Crippen LogP contribution is 2.18. The predicted molar refractivity (Wildman–Crippen MR) is 67.6 cm³/mol. The molecule has 0 aromatic carbocycles. The predicted octanol–water partition coefficient (Wildman–Crippen LogP) is 1.69. The topological polar surface area (TPSA) is 76.9 Å². The van der Waals surface area contributed by atoms with E-state index in [2.05, 4.69) is 9.97 Å². The SMILES string of the molecule is CCn1cc(S(=O)(=O)Nc2ccc(F)nc2F)nc1C. The van der Waals surface area contributed by atoms with Gasteiger partial charge in [0.2, 0.25) is 11.9 Å². The molecule has 2 rings (SSSR count). The smallest absolute Gasteiger partial charge is 0.281 e. The minimum atomic E-state index is -4.04. The highest BCUT2D eigenvalue weighted by Gasteiger charge is 2.21. The highest BCUT2D eigenvalue weighted by atomic mass is 32.2. The average molecular weight is 302 g/mol. The molecule has 2 heterocycles. The Hall–Kier alpha value is -2.03. The highest BCUT2D eigenvalue weighted by molar-refractivity contribution is 7.92. The van der Waals surface area contributed by atoms with Crippen molar-refractivity contribution >= 4 is 15.7 Å². The number of pyridine rings is 1. The molecule has 2 aromatic rings. The molecular formula is C11H12F2N4O2S. The van der Waals surface area contributed by atoms with Crippen molar-refractivity contribution < 1.29 is 17.2 Å². The summed E-state index contributed by atoms with van der Waals surface area (Å²) in [6, 6.07) is 1.82. The van der Waals surface area contributed by atoms with E-state index in [1.54, 1.807) is 11.5 Å². The van der Waals surface area contributed by atoms with Crippen molar-refractivity contribution in [1.29, 1.82) is 0 Å². The van der Waals surface area contributed by atoms with E-state index in [4.69, 9.17) is 0 Å². The molecule has 0 amide bonds. The molecular weight excluding hydrogens is 290 g/mol. The van der Waals surface area contributed by atoms with Gasteiger partial charge in [-0.2, -0.15) is 22.2 Å². The fraction of sp³-hybridized carbons (Fsp3) is 0.273. The molecule has 0 radical (unpaired) electrons. The van der Waals surface area contributed by atoms with Gasteiger partial charge in [0, 0.05) is 12.7 Å². The zero-order chi connectivity index (χ0) is 14.9. The standard InChI is InChI=1S/C11H12F2N4O2S/c1-3-17-6-10(14-7(17)2)20(18,19)16-8-4-5-9(12)15-11(8)13/h4-6,16H,3H2,1-2H3. The van der Waals surface area contributed by atoms with E-state index in [0.717, 1.165) is 12.1 Å². The van der Waals surface area contributed by atoms with Gasteiger partial charge in [0.25, 0.3) is 10.0 Å². The maximum atomic E-state index is 13.3. The Morgan fingerprint density at radius 3 is 2.55 bits per heavy atom. The minimum Gasteiger partial charge on any atom is -0.334 e. The third kappa shape index (κ3) is 2.77. The second-order valence-electron chi connectivity index (χ2n) is 3.99. The maximum Gasteiger partial charge on any atom is 0.281 e. The summed E-state index contributed by atoms with van der Waals surface area (Å²) in [5.41, 5.74) is -0.435. The van der Waals surface area contributed by atoms with Crippen molar-refractivity contribution in [3.8, 4) is 0 Å². The number of anilines is 1. The largest absolute Gasteiger partial charge is 0.334 e. The van der Waals surface area contributed by atoms with Crippen LogP contribution in [-0.2, 0) is 16.6 Å². The zero-order valence-corrected chi connectivity index (χ0v) is 11.6. The first kappa shape index (κ1) is 14.4. The fourth-order valence-corrected chi connectivity index (χ4v) is 2.68. The van der Waals surface area contributed by atoms with E-state index < -0.39 is 27.6 Å². The summed E-state index contributed by atoms with van der Waals surface area (Å²) in [7, 11) is -4.04. The number of imidazole rings is 1. The van der Waals surface area contributed by atoms with E-state index in [0.29, 0.717) is 12.4 Å². The van der Waals surface area contributed by atoms with Gasteiger partial charge < -0.3 is 4.57 Å². The van der Waals surface area contributed by atoms with E-state index in [1.807, 2.05) is 11.6 Å². The Kier molecular flexibility index (Phi) is 3.71. The van der Waals surface area contributed by atoms with Crippen LogP contribution in [0.1, 0.15) is 12.7 Å². The molecule has 6 nitrogen and oxygen atoms in total. The number of aryl methyl sites for hydroxylation is 2. The summed E-state index contributed by atoms with van der Waals surface area (Å²) in [5.74, 6) is -1.75. The molecule has 0 fully saturated rings. The van der Waals surface area contributed by atoms with Gasteiger partial charge in [0.1, 0.15) is 11.5 Å². The zero-order valence-electron chi connectivity index (χ0n) is 10.8. The van der Waals surface area contributed by atoms with Crippen LogP contribution >= 0.6 is 0 Å². The second kappa shape index (κ2) is 5.16. The van der Waals surface area contributed by atoms with Crippen LogP contribution in [0.4, 0.5) is 14.5 Å². The van der Waals surface area contributed by atoms with Crippen molar-refractivity contribution in [3.05, 3.63) is 36.0 Å². The van der Waals surface area contributed by atoms with Crippen LogP contribution < -0.4 is 4.72 Å². The summed E-state index contributed by atoms with van der Waals surface area (Å²) in [4.78, 5) is 6.80. The van der Waals surface area contributed by atoms with Crippen LogP contribution in [0.2, 0.25) is 0 Å². The van der Waals surface area contributed by atoms with Crippen molar-refractivity contribution in [2.24, 2.45) is 0 Å². The van der Waals surface area contributed by atoms with Crippen molar-refractivity contribution in [2.45, 2.75) is 25.4 Å². The molecule has 0 unspecified atom stereocenters. The van der Waals surface area contributed by atoms with Gasteiger partial charge in [-0.15, -0.1) is 0 Å². The van der Waals surface area contributed by atoms with E-state index >= 15 is 0 Å². The van der Waals surface area contributed by atoms with Crippen LogP contribution in [-0.4, -0.2) is 23.0 Å². The summed E-state index contributed by atoms with van der Waals surface area (Å²) in [6.45, 7) is 4.05. The van der Waals surface area contributed by atoms with Crippen LogP contribution in [0.25, 0.3) is 0 Å². The van der Waals surface area contributed by atoms with E-state index in [-0.39, 0.29) is 5.03 Å². The minimum absolute atomic E-state index is 0.236. The van der Waals surface area contributed by atoms with Crippen LogP contribution in [0.15, 0.2) is 23.4 Å². The first-order valence-corrected chi connectivity index (χ1v) is 7.20. The van der Waals surface area contributed by atoms with Gasteiger partial charge in [-0.3, -0.25) is 4.72 Å². The van der Waals surface area contributed by atoms with E-state index in [9.17, 15) is 17.2 Å². The third-order valence-electron chi connectivity index (χ3n) is 2.63. The van der Waals surface area contributed by atoms with Gasteiger partial charge in [-0.05, 0) is 26.0 Å². The molecule has 0 spiro atoms.